The number of allylic oxidation sites excluding steroid dienone is 4. The Bertz CT molecular complexity index is 734. The second-order valence-corrected chi connectivity index (χ2v) is 10.9. The van der Waals surface area contributed by atoms with Crippen molar-refractivity contribution in [3.8, 4) is 6.07 Å². The van der Waals surface area contributed by atoms with E-state index in [9.17, 15) is 0 Å². The SMILES string of the molecule is CCCCCCCc1ccc(C2CCC(CCC3CCC(/C=C/C=C/C#N)CC3)CC2)cc1. The summed E-state index contributed by atoms with van der Waals surface area (Å²) in [5.41, 5.74) is 3.13. The minimum atomic E-state index is 0.729. The number of unbranched alkanes of at least 4 members (excludes halogenated alkanes) is 4. The topological polar surface area (TPSA) is 23.8 Å². The highest BCUT2D eigenvalue weighted by Crippen LogP contribution is 2.40. The standard InChI is InChI=1S/C32H47N/c1-2-3-4-5-7-10-28-18-22-31(23-19-28)32-24-20-30(21-25-32)17-16-29-14-12-27(13-15-29)11-8-6-9-26-33/h6,8-9,11,18-19,22-23,27,29-30,32H,2-5,7,10,12-17,20-21,24-25H2,1H3/b9-6+,11-8+. The molecule has 0 bridgehead atoms. The Kier molecular flexibility index (Phi) is 11.9. The van der Waals surface area contributed by atoms with Crippen LogP contribution < -0.4 is 0 Å². The van der Waals surface area contributed by atoms with Gasteiger partial charge in [-0.1, -0.05) is 87.9 Å². The van der Waals surface area contributed by atoms with Crippen LogP contribution in [0.1, 0.15) is 120 Å². The summed E-state index contributed by atoms with van der Waals surface area (Å²) in [4.78, 5) is 0. The van der Waals surface area contributed by atoms with E-state index in [4.69, 9.17) is 5.26 Å². The summed E-state index contributed by atoms with van der Waals surface area (Å²) in [7, 11) is 0. The Labute approximate surface area is 204 Å². The van der Waals surface area contributed by atoms with Gasteiger partial charge in [-0.05, 0) is 99.0 Å². The number of rotatable bonds is 12. The number of hydrogen-bond donors (Lipinski definition) is 0. The molecule has 0 radical (unpaired) electrons. The molecule has 0 amide bonds. The largest absolute Gasteiger partial charge is 0.193 e. The highest BCUT2D eigenvalue weighted by atomic mass is 14.3. The van der Waals surface area contributed by atoms with Gasteiger partial charge in [0.05, 0.1) is 6.07 Å². The highest BCUT2D eigenvalue weighted by molar-refractivity contribution is 5.26. The molecule has 0 heterocycles. The molecule has 1 aromatic rings. The maximum Gasteiger partial charge on any atom is 0.0912 e. The predicted molar refractivity (Wildman–Crippen MR) is 142 cm³/mol. The molecular formula is C32H47N. The van der Waals surface area contributed by atoms with Crippen LogP contribution in [-0.2, 0) is 6.42 Å². The lowest BCUT2D eigenvalue weighted by molar-refractivity contribution is 0.246. The first kappa shape index (κ1) is 25.8. The third-order valence-electron chi connectivity index (χ3n) is 8.41. The van der Waals surface area contributed by atoms with Crippen LogP contribution in [0.3, 0.4) is 0 Å². The van der Waals surface area contributed by atoms with E-state index in [1.165, 1.54) is 108 Å². The molecule has 33 heavy (non-hydrogen) atoms. The average Bonchev–Trinajstić information content (AvgIpc) is 2.87. The normalized spacial score (nSPS) is 26.1. The van der Waals surface area contributed by atoms with E-state index in [1.54, 1.807) is 11.6 Å². The molecule has 0 unspecified atom stereocenters. The van der Waals surface area contributed by atoms with Crippen molar-refractivity contribution in [2.75, 3.05) is 0 Å². The Balaban J connectivity index is 1.29. The van der Waals surface area contributed by atoms with E-state index in [2.05, 4.69) is 49.4 Å². The van der Waals surface area contributed by atoms with E-state index >= 15 is 0 Å². The van der Waals surface area contributed by atoms with Gasteiger partial charge in [-0.15, -0.1) is 0 Å². The Morgan fingerprint density at radius 3 is 2.06 bits per heavy atom. The lowest BCUT2D eigenvalue weighted by Gasteiger charge is -2.31. The van der Waals surface area contributed by atoms with Crippen molar-refractivity contribution in [3.63, 3.8) is 0 Å². The van der Waals surface area contributed by atoms with Gasteiger partial charge in [-0.3, -0.25) is 0 Å². The van der Waals surface area contributed by atoms with Crippen molar-refractivity contribution in [1.29, 1.82) is 5.26 Å². The molecule has 0 aromatic heterocycles. The summed E-state index contributed by atoms with van der Waals surface area (Å²) in [6, 6.07) is 11.8. The Hall–Kier alpha value is -1.81. The molecule has 2 fully saturated rings. The molecular weight excluding hydrogens is 398 g/mol. The molecule has 2 aliphatic carbocycles. The zero-order valence-corrected chi connectivity index (χ0v) is 21.2. The van der Waals surface area contributed by atoms with E-state index in [0.29, 0.717) is 0 Å². The third kappa shape index (κ3) is 9.52. The van der Waals surface area contributed by atoms with Gasteiger partial charge in [0.1, 0.15) is 0 Å². The number of nitrogens with zero attached hydrogens (tertiary/aromatic N) is 1. The number of hydrogen-bond acceptors (Lipinski definition) is 1. The lowest BCUT2D eigenvalue weighted by Crippen LogP contribution is -2.17. The van der Waals surface area contributed by atoms with Gasteiger partial charge < -0.3 is 0 Å². The first-order valence-electron chi connectivity index (χ1n) is 14.1. The molecule has 0 N–H and O–H groups in total. The van der Waals surface area contributed by atoms with E-state index in [-0.39, 0.29) is 0 Å². The quantitative estimate of drug-likeness (QED) is 0.178. The first-order valence-corrected chi connectivity index (χ1v) is 14.1. The molecule has 0 spiro atoms. The summed E-state index contributed by atoms with van der Waals surface area (Å²) in [6.45, 7) is 2.29. The van der Waals surface area contributed by atoms with E-state index < -0.39 is 0 Å². The van der Waals surface area contributed by atoms with Crippen LogP contribution in [0.4, 0.5) is 0 Å². The molecule has 180 valence electrons. The van der Waals surface area contributed by atoms with Crippen LogP contribution in [0.2, 0.25) is 0 Å². The average molecular weight is 446 g/mol. The fourth-order valence-corrected chi connectivity index (χ4v) is 6.13. The predicted octanol–water partition coefficient (Wildman–Crippen LogP) is 9.70. The number of aryl methyl sites for hydroxylation is 1. The van der Waals surface area contributed by atoms with Crippen molar-refractivity contribution < 1.29 is 0 Å². The van der Waals surface area contributed by atoms with Crippen molar-refractivity contribution in [2.45, 2.75) is 116 Å². The zero-order valence-electron chi connectivity index (χ0n) is 21.2. The molecule has 3 rings (SSSR count). The monoisotopic (exact) mass is 445 g/mol. The highest BCUT2D eigenvalue weighted by Gasteiger charge is 2.24. The van der Waals surface area contributed by atoms with Crippen LogP contribution in [0.15, 0.2) is 48.6 Å². The minimum absolute atomic E-state index is 0.729. The van der Waals surface area contributed by atoms with Gasteiger partial charge in [0.15, 0.2) is 0 Å². The molecule has 0 saturated heterocycles. The smallest absolute Gasteiger partial charge is 0.0912 e. The molecule has 1 nitrogen and oxygen atoms in total. The number of benzene rings is 1. The zero-order chi connectivity index (χ0) is 23.1. The fraction of sp³-hybridized carbons (Fsp3) is 0.656. The van der Waals surface area contributed by atoms with Gasteiger partial charge in [-0.25, -0.2) is 0 Å². The summed E-state index contributed by atoms with van der Waals surface area (Å²) in [6.07, 6.45) is 30.0. The summed E-state index contributed by atoms with van der Waals surface area (Å²) in [5.74, 6) is 3.46. The van der Waals surface area contributed by atoms with Crippen molar-refractivity contribution in [1.82, 2.24) is 0 Å². The van der Waals surface area contributed by atoms with Crippen molar-refractivity contribution >= 4 is 0 Å². The third-order valence-corrected chi connectivity index (χ3v) is 8.41. The van der Waals surface area contributed by atoms with Crippen molar-refractivity contribution in [2.24, 2.45) is 17.8 Å². The summed E-state index contributed by atoms with van der Waals surface area (Å²) < 4.78 is 0. The molecule has 0 aliphatic heterocycles. The molecule has 2 saturated carbocycles. The Morgan fingerprint density at radius 1 is 0.788 bits per heavy atom. The fourth-order valence-electron chi connectivity index (χ4n) is 6.13. The first-order chi connectivity index (χ1) is 16.3. The Morgan fingerprint density at radius 2 is 1.42 bits per heavy atom. The van der Waals surface area contributed by atoms with Gasteiger partial charge in [-0.2, -0.15) is 5.26 Å². The minimum Gasteiger partial charge on any atom is -0.193 e. The number of nitriles is 1. The molecule has 2 aliphatic rings. The molecule has 0 atom stereocenters. The maximum atomic E-state index is 8.56. The second-order valence-electron chi connectivity index (χ2n) is 10.9. The van der Waals surface area contributed by atoms with Gasteiger partial charge in [0.25, 0.3) is 0 Å². The van der Waals surface area contributed by atoms with Gasteiger partial charge in [0.2, 0.25) is 0 Å². The van der Waals surface area contributed by atoms with Gasteiger partial charge >= 0.3 is 0 Å². The van der Waals surface area contributed by atoms with E-state index in [1.807, 2.05) is 6.08 Å². The van der Waals surface area contributed by atoms with Gasteiger partial charge in [0, 0.05) is 6.08 Å². The molecule has 1 heteroatoms. The van der Waals surface area contributed by atoms with Crippen LogP contribution in [0.5, 0.6) is 0 Å². The van der Waals surface area contributed by atoms with Crippen LogP contribution >= 0.6 is 0 Å². The second kappa shape index (κ2) is 15.2. The summed E-state index contributed by atoms with van der Waals surface area (Å²) >= 11 is 0. The van der Waals surface area contributed by atoms with Crippen LogP contribution in [-0.4, -0.2) is 0 Å². The molecule has 1 aromatic carbocycles. The van der Waals surface area contributed by atoms with Crippen LogP contribution in [0.25, 0.3) is 0 Å². The summed E-state index contributed by atoms with van der Waals surface area (Å²) in [5, 5.41) is 8.56. The lowest BCUT2D eigenvalue weighted by atomic mass is 9.74. The van der Waals surface area contributed by atoms with Crippen molar-refractivity contribution in [3.05, 3.63) is 59.7 Å². The van der Waals surface area contributed by atoms with Crippen LogP contribution in [0, 0.1) is 29.1 Å². The maximum absolute atomic E-state index is 8.56. The van der Waals surface area contributed by atoms with E-state index in [0.717, 1.165) is 23.7 Å².